The van der Waals surface area contributed by atoms with Gasteiger partial charge in [0.15, 0.2) is 9.84 Å². The van der Waals surface area contributed by atoms with Gasteiger partial charge >= 0.3 is 0 Å². The van der Waals surface area contributed by atoms with Gasteiger partial charge < -0.3 is 9.88 Å². The third-order valence-corrected chi connectivity index (χ3v) is 6.59. The van der Waals surface area contributed by atoms with Gasteiger partial charge in [0.25, 0.3) is 0 Å². The van der Waals surface area contributed by atoms with Crippen molar-refractivity contribution in [1.82, 2.24) is 14.9 Å². The van der Waals surface area contributed by atoms with Crippen molar-refractivity contribution in [2.75, 3.05) is 24.6 Å². The fourth-order valence-electron chi connectivity index (χ4n) is 3.39. The van der Waals surface area contributed by atoms with E-state index in [4.69, 9.17) is 0 Å². The molecule has 3 heterocycles. The van der Waals surface area contributed by atoms with Gasteiger partial charge in [-0.2, -0.15) is 0 Å². The summed E-state index contributed by atoms with van der Waals surface area (Å²) in [6, 6.07) is 0. The van der Waals surface area contributed by atoms with Crippen molar-refractivity contribution < 1.29 is 8.42 Å². The predicted octanol–water partition coefficient (Wildman–Crippen LogP) is 0.377. The molecular formula is C13H21N3O2S. The number of rotatable bonds is 4. The van der Waals surface area contributed by atoms with Crippen molar-refractivity contribution in [2.24, 2.45) is 18.4 Å². The second-order valence-corrected chi connectivity index (χ2v) is 8.25. The number of nitrogens with one attached hydrogen (secondary N) is 1. The van der Waals surface area contributed by atoms with E-state index in [-0.39, 0.29) is 5.41 Å². The maximum absolute atomic E-state index is 11.7. The largest absolute Gasteiger partial charge is 0.338 e. The van der Waals surface area contributed by atoms with Crippen molar-refractivity contribution in [3.05, 3.63) is 18.2 Å². The summed E-state index contributed by atoms with van der Waals surface area (Å²) in [5.74, 6) is 2.18. The number of sulfone groups is 1. The molecule has 2 saturated heterocycles. The molecule has 0 saturated carbocycles. The molecule has 0 spiro atoms. The van der Waals surface area contributed by atoms with Crippen LogP contribution in [0.5, 0.6) is 0 Å². The highest BCUT2D eigenvalue weighted by atomic mass is 32.2. The second-order valence-electron chi connectivity index (χ2n) is 6.02. The average molecular weight is 283 g/mol. The Morgan fingerprint density at radius 2 is 2.32 bits per heavy atom. The second kappa shape index (κ2) is 4.59. The summed E-state index contributed by atoms with van der Waals surface area (Å²) in [5.41, 5.74) is 0.176. The van der Waals surface area contributed by atoms with Crippen LogP contribution >= 0.6 is 0 Å². The van der Waals surface area contributed by atoms with Crippen LogP contribution < -0.4 is 5.32 Å². The lowest BCUT2D eigenvalue weighted by molar-refractivity contribution is 0.0802. The Balaban J connectivity index is 1.69. The van der Waals surface area contributed by atoms with Crippen molar-refractivity contribution in [3.63, 3.8) is 0 Å². The zero-order valence-corrected chi connectivity index (χ0v) is 12.1. The number of hydrogen-bond acceptors (Lipinski definition) is 4. The molecule has 1 aromatic heterocycles. The first-order chi connectivity index (χ1) is 9.01. The minimum absolute atomic E-state index is 0.176. The van der Waals surface area contributed by atoms with Gasteiger partial charge in [0.05, 0.1) is 11.5 Å². The predicted molar refractivity (Wildman–Crippen MR) is 73.6 cm³/mol. The molecule has 0 amide bonds. The van der Waals surface area contributed by atoms with Crippen LogP contribution in [-0.4, -0.2) is 42.6 Å². The lowest BCUT2D eigenvalue weighted by Gasteiger charge is -2.47. The Bertz CT molecular complexity index is 560. The van der Waals surface area contributed by atoms with Gasteiger partial charge in [-0.3, -0.25) is 0 Å². The molecule has 1 atom stereocenters. The Morgan fingerprint density at radius 3 is 2.79 bits per heavy atom. The molecule has 6 heteroatoms. The lowest BCUT2D eigenvalue weighted by Crippen LogP contribution is -2.58. The van der Waals surface area contributed by atoms with E-state index in [9.17, 15) is 8.42 Å². The monoisotopic (exact) mass is 283 g/mol. The molecule has 2 aliphatic heterocycles. The molecular weight excluding hydrogens is 262 g/mol. The Labute approximate surface area is 114 Å². The van der Waals surface area contributed by atoms with Gasteiger partial charge in [-0.05, 0) is 24.2 Å². The number of aromatic nitrogens is 2. The van der Waals surface area contributed by atoms with E-state index in [0.29, 0.717) is 17.4 Å². The number of imidazole rings is 1. The molecule has 2 aliphatic rings. The van der Waals surface area contributed by atoms with Gasteiger partial charge in [0, 0.05) is 39.0 Å². The van der Waals surface area contributed by atoms with Crippen LogP contribution in [0.4, 0.5) is 0 Å². The van der Waals surface area contributed by atoms with Crippen LogP contribution in [0, 0.1) is 11.3 Å². The molecule has 2 fully saturated rings. The first-order valence-electron chi connectivity index (χ1n) is 6.88. The van der Waals surface area contributed by atoms with E-state index in [1.165, 1.54) is 0 Å². The van der Waals surface area contributed by atoms with Gasteiger partial charge in [-0.1, -0.05) is 0 Å². The molecule has 0 bridgehead atoms. The van der Waals surface area contributed by atoms with Gasteiger partial charge in [-0.15, -0.1) is 0 Å². The standard InChI is InChI=1S/C13H21N3O2S/c1-16-6-5-15-12(16)2-4-13(9-14-10-13)11-3-7-19(17,18)8-11/h5-6,11,14H,2-4,7-10H2,1H3. The van der Waals surface area contributed by atoms with Crippen molar-refractivity contribution in [1.29, 1.82) is 0 Å². The van der Waals surface area contributed by atoms with E-state index < -0.39 is 9.84 Å². The maximum Gasteiger partial charge on any atom is 0.150 e. The molecule has 1 unspecified atom stereocenters. The van der Waals surface area contributed by atoms with Gasteiger partial charge in [-0.25, -0.2) is 13.4 Å². The summed E-state index contributed by atoms with van der Waals surface area (Å²) < 4.78 is 25.4. The first-order valence-corrected chi connectivity index (χ1v) is 8.70. The topological polar surface area (TPSA) is 64.0 Å². The number of nitrogens with zero attached hydrogens (tertiary/aromatic N) is 2. The molecule has 0 aromatic carbocycles. The minimum Gasteiger partial charge on any atom is -0.338 e. The summed E-state index contributed by atoms with van der Waals surface area (Å²) in [6.45, 7) is 1.91. The molecule has 3 rings (SSSR count). The van der Waals surface area contributed by atoms with E-state index >= 15 is 0 Å². The SMILES string of the molecule is Cn1ccnc1CCC1(C2CCS(=O)(=O)C2)CNC1. The Morgan fingerprint density at radius 1 is 1.53 bits per heavy atom. The highest BCUT2D eigenvalue weighted by Crippen LogP contribution is 2.42. The quantitative estimate of drug-likeness (QED) is 0.867. The molecule has 5 nitrogen and oxygen atoms in total. The van der Waals surface area contributed by atoms with Crippen LogP contribution in [0.3, 0.4) is 0 Å². The van der Waals surface area contributed by atoms with Crippen LogP contribution in [0.2, 0.25) is 0 Å². The summed E-state index contributed by atoms with van der Waals surface area (Å²) in [5, 5.41) is 3.33. The van der Waals surface area contributed by atoms with Gasteiger partial charge in [0.2, 0.25) is 0 Å². The van der Waals surface area contributed by atoms with Crippen LogP contribution in [0.1, 0.15) is 18.7 Å². The van der Waals surface area contributed by atoms with Crippen LogP contribution in [0.25, 0.3) is 0 Å². The average Bonchev–Trinajstić information content (AvgIpc) is 2.84. The maximum atomic E-state index is 11.7. The Hall–Kier alpha value is -0.880. The third-order valence-electron chi connectivity index (χ3n) is 4.82. The summed E-state index contributed by atoms with van der Waals surface area (Å²) in [4.78, 5) is 4.36. The summed E-state index contributed by atoms with van der Waals surface area (Å²) in [7, 11) is -0.776. The molecule has 1 aromatic rings. The Kier molecular flexibility index (Phi) is 3.17. The smallest absolute Gasteiger partial charge is 0.150 e. The molecule has 0 aliphatic carbocycles. The highest BCUT2D eigenvalue weighted by Gasteiger charge is 2.47. The zero-order chi connectivity index (χ0) is 13.5. The van der Waals surface area contributed by atoms with E-state index in [2.05, 4.69) is 10.3 Å². The number of aryl methyl sites for hydroxylation is 2. The third kappa shape index (κ3) is 2.43. The first kappa shape index (κ1) is 13.1. The zero-order valence-electron chi connectivity index (χ0n) is 11.3. The molecule has 1 N–H and O–H groups in total. The molecule has 0 radical (unpaired) electrons. The van der Waals surface area contributed by atoms with Crippen LogP contribution in [-0.2, 0) is 23.3 Å². The fraction of sp³-hybridized carbons (Fsp3) is 0.769. The minimum atomic E-state index is -2.78. The van der Waals surface area contributed by atoms with E-state index in [1.54, 1.807) is 0 Å². The number of hydrogen-bond donors (Lipinski definition) is 1. The lowest BCUT2D eigenvalue weighted by atomic mass is 9.67. The summed E-state index contributed by atoms with van der Waals surface area (Å²) in [6.07, 6.45) is 6.58. The molecule has 106 valence electrons. The highest BCUT2D eigenvalue weighted by molar-refractivity contribution is 7.91. The molecule has 19 heavy (non-hydrogen) atoms. The van der Waals surface area contributed by atoms with E-state index in [1.807, 2.05) is 24.0 Å². The van der Waals surface area contributed by atoms with Crippen molar-refractivity contribution in [3.8, 4) is 0 Å². The van der Waals surface area contributed by atoms with Gasteiger partial charge in [0.1, 0.15) is 5.82 Å². The summed E-state index contributed by atoms with van der Waals surface area (Å²) >= 11 is 0. The van der Waals surface area contributed by atoms with Crippen molar-refractivity contribution >= 4 is 9.84 Å². The van der Waals surface area contributed by atoms with E-state index in [0.717, 1.165) is 38.2 Å². The fourth-order valence-corrected chi connectivity index (χ4v) is 5.34. The van der Waals surface area contributed by atoms with Crippen LogP contribution in [0.15, 0.2) is 12.4 Å². The normalized spacial score (nSPS) is 28.2. The van der Waals surface area contributed by atoms with Crippen molar-refractivity contribution in [2.45, 2.75) is 19.3 Å².